The fourth-order valence-corrected chi connectivity index (χ4v) is 0. The van der Waals surface area contributed by atoms with E-state index in [-0.39, 0.29) is 0 Å². The lowest BCUT2D eigenvalue weighted by molar-refractivity contribution is 0.569. The van der Waals surface area contributed by atoms with Crippen LogP contribution in [0, 0.1) is 0 Å². The average molecular weight is 147 g/mol. The quantitative estimate of drug-likeness (QED) is 0.459. The highest BCUT2D eigenvalue weighted by Gasteiger charge is 1.80. The SMILES string of the molecule is F[C@@H](Cl)Br. The molecule has 0 bridgehead atoms. The van der Waals surface area contributed by atoms with Crippen LogP contribution in [0.15, 0.2) is 0 Å². The molecule has 0 spiro atoms. The molecule has 1 atom stereocenters. The van der Waals surface area contributed by atoms with E-state index in [2.05, 4.69) is 27.5 Å². The van der Waals surface area contributed by atoms with Gasteiger partial charge >= 0.3 is 0 Å². The van der Waals surface area contributed by atoms with E-state index in [1.807, 2.05) is 0 Å². The number of halogens is 3. The van der Waals surface area contributed by atoms with Crippen LogP contribution >= 0.6 is 27.5 Å². The lowest BCUT2D eigenvalue weighted by atomic mass is 11.8. The Hall–Kier alpha value is 0.700. The molecule has 4 heavy (non-hydrogen) atoms. The molecule has 0 heterocycles. The van der Waals surface area contributed by atoms with Crippen LogP contribution in [0.3, 0.4) is 0 Å². The third kappa shape index (κ3) is 15.9. The van der Waals surface area contributed by atoms with Gasteiger partial charge in [0.1, 0.15) is 0 Å². The van der Waals surface area contributed by atoms with Crippen molar-refractivity contribution in [2.75, 3.05) is 0 Å². The third-order valence-electron chi connectivity index (χ3n) is 0. The Kier molecular flexibility index (Phi) is 2.32. The van der Waals surface area contributed by atoms with Crippen molar-refractivity contribution < 1.29 is 4.39 Å². The normalized spacial score (nSPS) is 15.8. The summed E-state index contributed by atoms with van der Waals surface area (Å²) in [4.78, 5) is 0. The van der Waals surface area contributed by atoms with Crippen LogP contribution in [0.4, 0.5) is 4.39 Å². The van der Waals surface area contributed by atoms with Crippen molar-refractivity contribution in [2.24, 2.45) is 0 Å². The lowest BCUT2D eigenvalue weighted by Crippen LogP contribution is -1.57. The maximum absolute atomic E-state index is 10.7. The molecule has 3 heteroatoms. The van der Waals surface area contributed by atoms with Crippen molar-refractivity contribution >= 4 is 27.5 Å². The van der Waals surface area contributed by atoms with Gasteiger partial charge in [0.15, 0.2) is 0 Å². The van der Waals surface area contributed by atoms with Crippen LogP contribution < -0.4 is 0 Å². The minimum atomic E-state index is -1.38. The highest BCUT2D eigenvalue weighted by molar-refractivity contribution is 9.10. The molecule has 0 aliphatic heterocycles. The molecule has 0 aliphatic rings. The van der Waals surface area contributed by atoms with Gasteiger partial charge in [-0.15, -0.1) is 0 Å². The summed E-state index contributed by atoms with van der Waals surface area (Å²) in [7, 11) is 0. The summed E-state index contributed by atoms with van der Waals surface area (Å²) < 4.78 is 9.30. The first-order valence-electron chi connectivity index (χ1n) is 0.655. The molecule has 0 saturated carbocycles. The molecule has 0 saturated heterocycles. The molecule has 0 aliphatic carbocycles. The Morgan fingerprint density at radius 3 is 2.00 bits per heavy atom. The second-order valence-corrected chi connectivity index (χ2v) is 1.96. The highest BCUT2D eigenvalue weighted by Crippen LogP contribution is 2.02. The maximum Gasteiger partial charge on any atom is 0.227 e. The van der Waals surface area contributed by atoms with E-state index in [1.54, 1.807) is 0 Å². The molecular weight excluding hydrogens is 146 g/mol. The van der Waals surface area contributed by atoms with Crippen LogP contribution in [0.1, 0.15) is 0 Å². The van der Waals surface area contributed by atoms with Gasteiger partial charge in [0.25, 0.3) is 0 Å². The molecule has 0 radical (unpaired) electrons. The predicted octanol–water partition coefficient (Wildman–Crippen LogP) is 1.87. The minimum Gasteiger partial charge on any atom is -0.217 e. The number of hydrogen-bond donors (Lipinski definition) is 0. The first kappa shape index (κ1) is 4.70. The second kappa shape index (κ2) is 1.97. The molecule has 0 fully saturated rings. The minimum absolute atomic E-state index is 1.38. The van der Waals surface area contributed by atoms with E-state index in [0.717, 1.165) is 0 Å². The molecule has 0 rings (SSSR count). The third-order valence-corrected chi connectivity index (χ3v) is 0. The van der Waals surface area contributed by atoms with Crippen molar-refractivity contribution in [3.8, 4) is 0 Å². The molecule has 0 amide bonds. The number of alkyl halides is 3. The standard InChI is InChI=1S/CHBrClF/c2-1(3)4/h1H/t1-/m1/s1. The van der Waals surface area contributed by atoms with Crippen molar-refractivity contribution in [2.45, 2.75) is 4.54 Å². The van der Waals surface area contributed by atoms with Crippen LogP contribution in [-0.2, 0) is 0 Å². The van der Waals surface area contributed by atoms with Crippen LogP contribution in [0.25, 0.3) is 0 Å². The first-order chi connectivity index (χ1) is 1.73. The molecule has 0 aromatic carbocycles. The lowest BCUT2D eigenvalue weighted by Gasteiger charge is -1.68. The molecule has 0 unspecified atom stereocenters. The van der Waals surface area contributed by atoms with Crippen molar-refractivity contribution in [1.82, 2.24) is 0 Å². The summed E-state index contributed by atoms with van der Waals surface area (Å²) >= 11 is 6.89. The van der Waals surface area contributed by atoms with Crippen molar-refractivity contribution in [3.63, 3.8) is 0 Å². The number of hydrogen-bond acceptors (Lipinski definition) is 0. The molecule has 26 valence electrons. The van der Waals surface area contributed by atoms with Gasteiger partial charge < -0.3 is 0 Å². The molecular formula is CHBrClF. The highest BCUT2D eigenvalue weighted by atomic mass is 79.9. The van der Waals surface area contributed by atoms with Crippen LogP contribution in [-0.4, -0.2) is 4.54 Å². The topological polar surface area (TPSA) is 0 Å². The van der Waals surface area contributed by atoms with Crippen LogP contribution in [0.2, 0.25) is 0 Å². The Balaban J connectivity index is 2.32. The summed E-state index contributed by atoms with van der Waals surface area (Å²) in [6.45, 7) is 0. The summed E-state index contributed by atoms with van der Waals surface area (Å²) in [5, 5.41) is 0. The van der Waals surface area contributed by atoms with Crippen LogP contribution in [0.5, 0.6) is 0 Å². The fraction of sp³-hybridized carbons (Fsp3) is 1.00. The van der Waals surface area contributed by atoms with E-state index in [1.165, 1.54) is 0 Å². The van der Waals surface area contributed by atoms with E-state index < -0.39 is 4.54 Å². The molecule has 0 N–H and O–H groups in total. The van der Waals surface area contributed by atoms with E-state index in [9.17, 15) is 4.39 Å². The van der Waals surface area contributed by atoms with E-state index >= 15 is 0 Å². The van der Waals surface area contributed by atoms with Gasteiger partial charge in [0.05, 0.1) is 0 Å². The van der Waals surface area contributed by atoms with Crippen molar-refractivity contribution in [3.05, 3.63) is 0 Å². The van der Waals surface area contributed by atoms with Gasteiger partial charge in [-0.2, -0.15) is 0 Å². The van der Waals surface area contributed by atoms with Gasteiger partial charge in [0.2, 0.25) is 4.54 Å². The summed E-state index contributed by atoms with van der Waals surface area (Å²) in [5.74, 6) is 0. The first-order valence-corrected chi connectivity index (χ1v) is 2.01. The molecule has 0 aromatic heterocycles. The van der Waals surface area contributed by atoms with Gasteiger partial charge in [-0.1, -0.05) is 11.6 Å². The largest absolute Gasteiger partial charge is 0.227 e. The number of rotatable bonds is 0. The zero-order valence-corrected chi connectivity index (χ0v) is 4.05. The van der Waals surface area contributed by atoms with Gasteiger partial charge in [0, 0.05) is 0 Å². The van der Waals surface area contributed by atoms with Gasteiger partial charge in [-0.05, 0) is 15.9 Å². The smallest absolute Gasteiger partial charge is 0.217 e. The second-order valence-electron chi connectivity index (χ2n) is 0.247. The Morgan fingerprint density at radius 2 is 2.00 bits per heavy atom. The summed E-state index contributed by atoms with van der Waals surface area (Å²) in [6.07, 6.45) is 0. The van der Waals surface area contributed by atoms with Gasteiger partial charge in [-0.3, -0.25) is 0 Å². The molecule has 0 aromatic rings. The van der Waals surface area contributed by atoms with Gasteiger partial charge in [-0.25, -0.2) is 4.39 Å². The zero-order chi connectivity index (χ0) is 3.58. The van der Waals surface area contributed by atoms with Crippen molar-refractivity contribution in [1.29, 1.82) is 0 Å². The fourth-order valence-electron chi connectivity index (χ4n) is 0. The summed E-state index contributed by atoms with van der Waals surface area (Å²) in [5.41, 5.74) is 0. The monoisotopic (exact) mass is 146 g/mol. The van der Waals surface area contributed by atoms with E-state index in [0.29, 0.717) is 0 Å². The molecule has 0 nitrogen and oxygen atoms in total. The maximum atomic E-state index is 10.7. The van der Waals surface area contributed by atoms with E-state index in [4.69, 9.17) is 0 Å². The predicted molar refractivity (Wildman–Crippen MR) is 19.7 cm³/mol. The Morgan fingerprint density at radius 1 is 2.00 bits per heavy atom. The summed E-state index contributed by atoms with van der Waals surface area (Å²) in [6, 6.07) is 0. The average Bonchev–Trinajstić information content (AvgIpc) is 0.811. The Labute approximate surface area is 37.1 Å². The zero-order valence-electron chi connectivity index (χ0n) is 1.71. The Bertz CT molecular complexity index is 12.8.